The van der Waals surface area contributed by atoms with E-state index in [0.29, 0.717) is 27.0 Å². The second-order valence-electron chi connectivity index (χ2n) is 11.3. The zero-order valence-electron chi connectivity index (χ0n) is 22.9. The van der Waals surface area contributed by atoms with Crippen LogP contribution in [0, 0.1) is 3.57 Å². The maximum absolute atomic E-state index is 15.0. The van der Waals surface area contributed by atoms with Crippen LogP contribution in [0.3, 0.4) is 0 Å². The molecule has 6 rings (SSSR count). The van der Waals surface area contributed by atoms with E-state index in [4.69, 9.17) is 0 Å². The molecule has 3 aromatic rings. The molecule has 1 saturated heterocycles. The number of anilines is 1. The quantitative estimate of drug-likeness (QED) is 0.240. The highest BCUT2D eigenvalue weighted by atomic mass is 127. The highest BCUT2D eigenvalue weighted by Gasteiger charge is 2.74. The minimum Gasteiger partial charge on any atom is -0.334 e. The number of rotatable bonds is 4. The zero-order chi connectivity index (χ0) is 32.7. The lowest BCUT2D eigenvalue weighted by Gasteiger charge is -2.43. The average molecular weight is 766 g/mol. The van der Waals surface area contributed by atoms with Crippen molar-refractivity contribution in [2.24, 2.45) is 0 Å². The number of fused-ring (bicyclic) bond motifs is 4. The van der Waals surface area contributed by atoms with Crippen molar-refractivity contribution in [3.8, 4) is 0 Å². The fraction of sp³-hybridized carbons (Fsp3) is 0.333. The van der Waals surface area contributed by atoms with Gasteiger partial charge in [-0.3, -0.25) is 9.59 Å². The van der Waals surface area contributed by atoms with Gasteiger partial charge in [-0.25, -0.2) is 12.8 Å². The Bertz CT molecular complexity index is 1830. The summed E-state index contributed by atoms with van der Waals surface area (Å²) in [5.74, 6) is -0.797. The van der Waals surface area contributed by atoms with Gasteiger partial charge in [-0.1, -0.05) is 18.2 Å². The van der Waals surface area contributed by atoms with E-state index < -0.39 is 50.1 Å². The number of sulfone groups is 1. The summed E-state index contributed by atoms with van der Waals surface area (Å²) in [6.45, 7) is -0.0965. The third-order valence-electron chi connectivity index (χ3n) is 8.91. The summed E-state index contributed by atoms with van der Waals surface area (Å²) in [7, 11) is -4.45. The second kappa shape index (κ2) is 10.4. The first-order chi connectivity index (χ1) is 20.9. The van der Waals surface area contributed by atoms with E-state index in [0.717, 1.165) is 6.07 Å². The van der Waals surface area contributed by atoms with Crippen LogP contribution in [0.4, 0.5) is 36.4 Å². The fourth-order valence-electron chi connectivity index (χ4n) is 6.83. The summed E-state index contributed by atoms with van der Waals surface area (Å²) >= 11 is 1.97. The summed E-state index contributed by atoms with van der Waals surface area (Å²) in [5.41, 5.74) is -6.34. The maximum Gasteiger partial charge on any atom is 0.435 e. The second-order valence-corrected chi connectivity index (χ2v) is 14.7. The van der Waals surface area contributed by atoms with Crippen LogP contribution in [-0.2, 0) is 37.9 Å². The molecule has 2 amide bonds. The minimum atomic E-state index is -6.34. The summed E-state index contributed by atoms with van der Waals surface area (Å²) in [6, 6.07) is 10.9. The first-order valence-electron chi connectivity index (χ1n) is 13.6. The smallest absolute Gasteiger partial charge is 0.334 e. The molecule has 0 saturated carbocycles. The van der Waals surface area contributed by atoms with Gasteiger partial charge in [0, 0.05) is 26.9 Å². The average Bonchev–Trinajstić information content (AvgIpc) is 3.55. The summed E-state index contributed by atoms with van der Waals surface area (Å²) in [5, 5.41) is 2.66. The molecule has 2 aliphatic heterocycles. The number of alkyl halides is 7. The molecular weight excluding hydrogens is 744 g/mol. The number of halogens is 8. The van der Waals surface area contributed by atoms with Crippen molar-refractivity contribution in [2.45, 2.75) is 59.4 Å². The zero-order valence-corrected chi connectivity index (χ0v) is 25.9. The van der Waals surface area contributed by atoms with Gasteiger partial charge < -0.3 is 10.2 Å². The van der Waals surface area contributed by atoms with Gasteiger partial charge in [-0.05, 0) is 101 Å². The third-order valence-corrected chi connectivity index (χ3v) is 12.2. The predicted octanol–water partition coefficient (Wildman–Crippen LogP) is 6.61. The van der Waals surface area contributed by atoms with Crippen LogP contribution >= 0.6 is 22.6 Å². The third kappa shape index (κ3) is 4.66. The number of benzene rings is 3. The number of likely N-dealkylation sites (tertiary alicyclic amines) is 1. The molecule has 0 unspecified atom stereocenters. The van der Waals surface area contributed by atoms with Crippen LogP contribution in [0.1, 0.15) is 45.5 Å². The number of carbonyl (C=O) groups is 2. The predicted molar refractivity (Wildman–Crippen MR) is 156 cm³/mol. The Morgan fingerprint density at radius 1 is 0.911 bits per heavy atom. The van der Waals surface area contributed by atoms with Gasteiger partial charge in [-0.2, -0.15) is 26.3 Å². The van der Waals surface area contributed by atoms with Crippen molar-refractivity contribution < 1.29 is 48.7 Å². The monoisotopic (exact) mass is 766 g/mol. The summed E-state index contributed by atoms with van der Waals surface area (Å²) in [4.78, 5) is 26.9. The molecule has 3 aromatic carbocycles. The molecule has 1 N–H and O–H groups in total. The maximum atomic E-state index is 15.0. The Labute approximate surface area is 266 Å². The molecule has 1 aliphatic carbocycles. The normalized spacial score (nSPS) is 21.6. The van der Waals surface area contributed by atoms with Crippen molar-refractivity contribution in [1.82, 2.24) is 4.90 Å². The lowest BCUT2D eigenvalue weighted by atomic mass is 9.76. The minimum absolute atomic E-state index is 0.0482. The molecule has 238 valence electrons. The van der Waals surface area contributed by atoms with E-state index in [9.17, 15) is 44.3 Å². The number of nitrogens with one attached hydrogen (secondary N) is 1. The summed E-state index contributed by atoms with van der Waals surface area (Å²) in [6.07, 6.45) is -13.2. The molecule has 15 heteroatoms. The number of hydrogen-bond donors (Lipinski definition) is 1. The van der Waals surface area contributed by atoms with Crippen LogP contribution in [0.2, 0.25) is 0 Å². The summed E-state index contributed by atoms with van der Waals surface area (Å²) < 4.78 is 124. The Morgan fingerprint density at radius 2 is 1.58 bits per heavy atom. The van der Waals surface area contributed by atoms with E-state index in [-0.39, 0.29) is 59.7 Å². The van der Waals surface area contributed by atoms with Crippen molar-refractivity contribution in [3.63, 3.8) is 0 Å². The topological polar surface area (TPSA) is 83.6 Å². The Morgan fingerprint density at radius 3 is 2.22 bits per heavy atom. The fourth-order valence-corrected chi connectivity index (χ4v) is 9.55. The van der Waals surface area contributed by atoms with Gasteiger partial charge in [-0.15, -0.1) is 0 Å². The lowest BCUT2D eigenvalue weighted by Crippen LogP contribution is -2.53. The molecule has 6 nitrogen and oxygen atoms in total. The highest BCUT2D eigenvalue weighted by Crippen LogP contribution is 2.57. The van der Waals surface area contributed by atoms with Gasteiger partial charge in [0.25, 0.3) is 5.91 Å². The van der Waals surface area contributed by atoms with Gasteiger partial charge >= 0.3 is 18.0 Å². The van der Waals surface area contributed by atoms with Crippen molar-refractivity contribution in [1.29, 1.82) is 0 Å². The van der Waals surface area contributed by atoms with E-state index in [1.807, 2.05) is 22.6 Å². The number of nitrogens with zero attached hydrogens (tertiary/aromatic N) is 1. The molecule has 0 radical (unpaired) electrons. The SMILES string of the molecule is O=C1Cc2cc(C(=O)N3CC[C@@]4(S(=O)(=O)c5ccc(I)cc5)c5ccc(C(F)(C(F)(F)F)C(F)(F)F)cc5CC[C@@H]34)ccc2N1. The van der Waals surface area contributed by atoms with Gasteiger partial charge in [0.2, 0.25) is 5.91 Å². The first kappa shape index (κ1) is 31.8. The van der Waals surface area contributed by atoms with E-state index in [1.165, 1.54) is 41.3 Å². The first-order valence-corrected chi connectivity index (χ1v) is 16.2. The van der Waals surface area contributed by atoms with Crippen molar-refractivity contribution >= 4 is 49.9 Å². The van der Waals surface area contributed by atoms with E-state index in [1.54, 1.807) is 6.07 Å². The number of carbonyl (C=O) groups excluding carboxylic acids is 2. The molecule has 2 heterocycles. The van der Waals surface area contributed by atoms with Crippen LogP contribution in [0.15, 0.2) is 65.6 Å². The van der Waals surface area contributed by atoms with Gasteiger partial charge in [0.05, 0.1) is 17.4 Å². The lowest BCUT2D eigenvalue weighted by molar-refractivity contribution is -0.348. The molecule has 1 fully saturated rings. The van der Waals surface area contributed by atoms with E-state index in [2.05, 4.69) is 5.32 Å². The van der Waals surface area contributed by atoms with Crippen molar-refractivity contribution in [3.05, 3.63) is 92.1 Å². The van der Waals surface area contributed by atoms with Crippen LogP contribution in [-0.4, -0.2) is 50.1 Å². The number of aryl methyl sites for hydroxylation is 1. The molecule has 0 bridgehead atoms. The molecule has 45 heavy (non-hydrogen) atoms. The molecule has 3 aliphatic rings. The van der Waals surface area contributed by atoms with Crippen molar-refractivity contribution in [2.75, 3.05) is 11.9 Å². The highest BCUT2D eigenvalue weighted by molar-refractivity contribution is 14.1. The van der Waals surface area contributed by atoms with E-state index >= 15 is 4.39 Å². The Hall–Kier alpha value is -3.21. The van der Waals surface area contributed by atoms with Crippen LogP contribution in [0.5, 0.6) is 0 Å². The Balaban J connectivity index is 1.50. The molecule has 0 spiro atoms. The van der Waals surface area contributed by atoms with Crippen LogP contribution in [0.25, 0.3) is 0 Å². The number of hydrogen-bond acceptors (Lipinski definition) is 4. The Kier molecular flexibility index (Phi) is 7.34. The molecule has 0 aromatic heterocycles. The van der Waals surface area contributed by atoms with Gasteiger partial charge in [0.1, 0.15) is 4.75 Å². The molecule has 2 atom stereocenters. The van der Waals surface area contributed by atoms with Crippen LogP contribution < -0.4 is 5.32 Å². The van der Waals surface area contributed by atoms with Gasteiger partial charge in [0.15, 0.2) is 9.84 Å². The largest absolute Gasteiger partial charge is 0.435 e. The number of amides is 2. The molecular formula is C30H22F7IN2O4S. The standard InChI is InChI=1S/C30H22F7IN2O4S/c31-28(29(32,33)34,30(35,36)37)19-3-8-22-16(14-19)2-10-24-27(22,45(43,44)21-6-4-20(38)5-7-21)11-12-40(24)26(42)17-1-9-23-18(13-17)15-25(41)39-23/h1,3-9,13-14,24H,2,10-12,15H2,(H,39,41)/t24-,27-/m1/s1.